The first-order valence-electron chi connectivity index (χ1n) is 7.24. The van der Waals surface area contributed by atoms with Crippen LogP contribution in [0, 0.1) is 0 Å². The second kappa shape index (κ2) is 5.06. The highest BCUT2D eigenvalue weighted by Gasteiger charge is 2.24. The van der Waals surface area contributed by atoms with Crippen LogP contribution >= 0.6 is 0 Å². The summed E-state index contributed by atoms with van der Waals surface area (Å²) < 4.78 is 12.4. The van der Waals surface area contributed by atoms with Crippen LogP contribution in [-0.4, -0.2) is 27.9 Å². The lowest BCUT2D eigenvalue weighted by Crippen LogP contribution is -2.16. The van der Waals surface area contributed by atoms with Crippen LogP contribution in [0.2, 0.25) is 0 Å². The number of hydrogen-bond donors (Lipinski definition) is 0. The normalized spacial score (nSPS) is 18.1. The molecule has 1 atom stereocenters. The smallest absolute Gasteiger partial charge is 0.258 e. The molecule has 0 N–H and O–H groups in total. The number of aromatic nitrogens is 3. The van der Waals surface area contributed by atoms with Crippen molar-refractivity contribution < 1.29 is 9.26 Å². The third-order valence-corrected chi connectivity index (χ3v) is 4.12. The van der Waals surface area contributed by atoms with Gasteiger partial charge in [-0.1, -0.05) is 23.4 Å². The van der Waals surface area contributed by atoms with Gasteiger partial charge < -0.3 is 13.8 Å². The van der Waals surface area contributed by atoms with Gasteiger partial charge in [-0.3, -0.25) is 4.79 Å². The maximum atomic E-state index is 12.1. The lowest BCUT2D eigenvalue weighted by Gasteiger charge is -2.07. The molecule has 3 heterocycles. The molecule has 0 spiro atoms. The standard InChI is InChI=1S/C16H15N3O3/c1-19-13-5-3-2-4-11(13)12(8-14(19)20)16-17-15(18-22-16)10-6-7-21-9-10/h2-5,8,10H,6-7,9H2,1H3/t10-/m1/s1. The number of fused-ring (bicyclic) bond motifs is 1. The van der Waals surface area contributed by atoms with Crippen molar-refractivity contribution in [3.05, 3.63) is 46.5 Å². The zero-order valence-electron chi connectivity index (χ0n) is 12.2. The monoisotopic (exact) mass is 297 g/mol. The Morgan fingerprint density at radius 1 is 1.32 bits per heavy atom. The van der Waals surface area contributed by atoms with E-state index in [2.05, 4.69) is 10.1 Å². The van der Waals surface area contributed by atoms with Crippen molar-refractivity contribution in [2.24, 2.45) is 7.05 Å². The van der Waals surface area contributed by atoms with Crippen molar-refractivity contribution in [3.8, 4) is 11.5 Å². The minimum atomic E-state index is -0.0994. The molecule has 6 nitrogen and oxygen atoms in total. The molecule has 1 aliphatic heterocycles. The molecule has 0 aliphatic carbocycles. The Kier molecular flexibility index (Phi) is 3.04. The summed E-state index contributed by atoms with van der Waals surface area (Å²) in [6.45, 7) is 1.35. The van der Waals surface area contributed by atoms with E-state index in [0.717, 1.165) is 23.9 Å². The molecule has 3 aromatic rings. The SMILES string of the molecule is Cn1c(=O)cc(-c2nc([C@@H]3CCOC3)no2)c2ccccc21. The van der Waals surface area contributed by atoms with Gasteiger partial charge in [-0.05, 0) is 12.5 Å². The summed E-state index contributed by atoms with van der Waals surface area (Å²) in [4.78, 5) is 16.6. The predicted octanol–water partition coefficient (Wildman–Crippen LogP) is 2.09. The maximum Gasteiger partial charge on any atom is 0.258 e. The summed E-state index contributed by atoms with van der Waals surface area (Å²) >= 11 is 0. The molecule has 1 fully saturated rings. The fourth-order valence-electron chi connectivity index (χ4n) is 2.84. The number of benzene rings is 1. The Balaban J connectivity index is 1.87. The zero-order valence-corrected chi connectivity index (χ0v) is 12.2. The topological polar surface area (TPSA) is 70.2 Å². The van der Waals surface area contributed by atoms with Crippen LogP contribution < -0.4 is 5.56 Å². The molecular formula is C16H15N3O3. The Hall–Kier alpha value is -2.47. The van der Waals surface area contributed by atoms with Crippen molar-refractivity contribution in [3.63, 3.8) is 0 Å². The zero-order chi connectivity index (χ0) is 15.1. The molecule has 0 bridgehead atoms. The van der Waals surface area contributed by atoms with E-state index in [1.165, 1.54) is 0 Å². The first-order chi connectivity index (χ1) is 10.7. The Labute approximate surface area is 126 Å². The third kappa shape index (κ3) is 2.03. The van der Waals surface area contributed by atoms with E-state index >= 15 is 0 Å². The number of para-hydroxylation sites is 1. The quantitative estimate of drug-likeness (QED) is 0.724. The highest BCUT2D eigenvalue weighted by molar-refractivity contribution is 5.92. The number of nitrogens with zero attached hydrogens (tertiary/aromatic N) is 3. The van der Waals surface area contributed by atoms with Gasteiger partial charge in [0, 0.05) is 31.0 Å². The van der Waals surface area contributed by atoms with E-state index in [4.69, 9.17) is 9.26 Å². The summed E-state index contributed by atoms with van der Waals surface area (Å²) in [5.41, 5.74) is 1.42. The van der Waals surface area contributed by atoms with Crippen molar-refractivity contribution in [2.75, 3.05) is 13.2 Å². The minimum Gasteiger partial charge on any atom is -0.381 e. The average Bonchev–Trinajstić information content (AvgIpc) is 3.21. The Morgan fingerprint density at radius 2 is 2.18 bits per heavy atom. The summed E-state index contributed by atoms with van der Waals surface area (Å²) in [7, 11) is 1.75. The minimum absolute atomic E-state index is 0.0994. The maximum absolute atomic E-state index is 12.1. The molecule has 22 heavy (non-hydrogen) atoms. The molecule has 0 amide bonds. The molecule has 0 unspecified atom stereocenters. The van der Waals surface area contributed by atoms with Gasteiger partial charge in [0.15, 0.2) is 5.82 Å². The van der Waals surface area contributed by atoms with Gasteiger partial charge in [0.1, 0.15) is 0 Å². The van der Waals surface area contributed by atoms with E-state index < -0.39 is 0 Å². The number of hydrogen-bond acceptors (Lipinski definition) is 5. The van der Waals surface area contributed by atoms with Crippen LogP contribution in [-0.2, 0) is 11.8 Å². The molecule has 1 saturated heterocycles. The number of aryl methyl sites for hydroxylation is 1. The van der Waals surface area contributed by atoms with Crippen molar-refractivity contribution in [2.45, 2.75) is 12.3 Å². The van der Waals surface area contributed by atoms with Crippen molar-refractivity contribution in [1.29, 1.82) is 0 Å². The van der Waals surface area contributed by atoms with Crippen molar-refractivity contribution in [1.82, 2.24) is 14.7 Å². The number of ether oxygens (including phenoxy) is 1. The van der Waals surface area contributed by atoms with Crippen LogP contribution in [0.1, 0.15) is 18.2 Å². The third-order valence-electron chi connectivity index (χ3n) is 4.12. The molecule has 6 heteroatoms. The van der Waals surface area contributed by atoms with Gasteiger partial charge in [0.05, 0.1) is 17.7 Å². The van der Waals surface area contributed by atoms with E-state index in [-0.39, 0.29) is 11.5 Å². The summed E-state index contributed by atoms with van der Waals surface area (Å²) in [6.07, 6.45) is 0.899. The van der Waals surface area contributed by atoms with E-state index in [9.17, 15) is 4.79 Å². The lowest BCUT2D eigenvalue weighted by atomic mass is 10.1. The highest BCUT2D eigenvalue weighted by Crippen LogP contribution is 2.28. The van der Waals surface area contributed by atoms with Gasteiger partial charge in [-0.2, -0.15) is 4.98 Å². The van der Waals surface area contributed by atoms with Crippen LogP contribution in [0.3, 0.4) is 0 Å². The second-order valence-corrected chi connectivity index (χ2v) is 5.49. The number of pyridine rings is 1. The second-order valence-electron chi connectivity index (χ2n) is 5.49. The molecule has 4 rings (SSSR count). The largest absolute Gasteiger partial charge is 0.381 e. The Morgan fingerprint density at radius 3 is 3.00 bits per heavy atom. The highest BCUT2D eigenvalue weighted by atomic mass is 16.5. The number of rotatable bonds is 2. The summed E-state index contributed by atoms with van der Waals surface area (Å²) in [6, 6.07) is 9.23. The van der Waals surface area contributed by atoms with Crippen LogP contribution in [0.15, 0.2) is 39.6 Å². The van der Waals surface area contributed by atoms with Crippen LogP contribution in [0.4, 0.5) is 0 Å². The van der Waals surface area contributed by atoms with Crippen LogP contribution in [0.5, 0.6) is 0 Å². The van der Waals surface area contributed by atoms with Gasteiger partial charge in [-0.15, -0.1) is 0 Å². The van der Waals surface area contributed by atoms with Gasteiger partial charge in [0.2, 0.25) is 0 Å². The first-order valence-corrected chi connectivity index (χ1v) is 7.24. The van der Waals surface area contributed by atoms with Crippen molar-refractivity contribution >= 4 is 10.9 Å². The summed E-state index contributed by atoms with van der Waals surface area (Å²) in [5, 5.41) is 4.98. The fraction of sp³-hybridized carbons (Fsp3) is 0.312. The molecule has 1 aromatic carbocycles. The van der Waals surface area contributed by atoms with E-state index in [1.54, 1.807) is 17.7 Å². The molecule has 1 aliphatic rings. The Bertz CT molecular complexity index is 891. The van der Waals surface area contributed by atoms with E-state index in [0.29, 0.717) is 23.9 Å². The molecular weight excluding hydrogens is 282 g/mol. The lowest BCUT2D eigenvalue weighted by molar-refractivity contribution is 0.192. The van der Waals surface area contributed by atoms with Gasteiger partial charge in [0.25, 0.3) is 11.4 Å². The predicted molar refractivity (Wildman–Crippen MR) is 80.7 cm³/mol. The van der Waals surface area contributed by atoms with Gasteiger partial charge in [-0.25, -0.2) is 0 Å². The molecule has 112 valence electrons. The van der Waals surface area contributed by atoms with E-state index in [1.807, 2.05) is 24.3 Å². The first kappa shape index (κ1) is 13.2. The van der Waals surface area contributed by atoms with Crippen LogP contribution in [0.25, 0.3) is 22.4 Å². The molecule has 0 saturated carbocycles. The molecule has 2 aromatic heterocycles. The fourth-order valence-corrected chi connectivity index (χ4v) is 2.84. The molecule has 0 radical (unpaired) electrons. The van der Waals surface area contributed by atoms with Gasteiger partial charge >= 0.3 is 0 Å². The summed E-state index contributed by atoms with van der Waals surface area (Å²) in [5.74, 6) is 1.21. The average molecular weight is 297 g/mol.